The van der Waals surface area contributed by atoms with Gasteiger partial charge in [-0.1, -0.05) is 18.9 Å². The molecule has 1 heterocycles. The molecule has 82 valence electrons. The number of aliphatic hydroxyl groups is 1. The minimum absolute atomic E-state index is 0.110. The molecule has 1 aromatic rings. The lowest BCUT2D eigenvalue weighted by molar-refractivity contribution is 0.0695. The van der Waals surface area contributed by atoms with E-state index in [4.69, 9.17) is 0 Å². The van der Waals surface area contributed by atoms with Crippen LogP contribution in [0.1, 0.15) is 37.1 Å². The SMILES string of the molecule is Cc1cccc(CC2CCCCC2O)n1. The van der Waals surface area contributed by atoms with E-state index in [1.807, 2.05) is 19.1 Å². The lowest BCUT2D eigenvalue weighted by Gasteiger charge is -2.27. The fourth-order valence-electron chi connectivity index (χ4n) is 2.41. The Hall–Kier alpha value is -0.890. The molecule has 15 heavy (non-hydrogen) atoms. The molecule has 0 saturated heterocycles. The Balaban J connectivity index is 2.01. The Morgan fingerprint density at radius 3 is 2.87 bits per heavy atom. The van der Waals surface area contributed by atoms with E-state index in [0.717, 1.165) is 30.7 Å². The minimum atomic E-state index is -0.110. The highest BCUT2D eigenvalue weighted by molar-refractivity contribution is 5.10. The van der Waals surface area contributed by atoms with Crippen LogP contribution in [0.2, 0.25) is 0 Å². The molecule has 1 N–H and O–H groups in total. The molecule has 0 aliphatic heterocycles. The number of rotatable bonds is 2. The summed E-state index contributed by atoms with van der Waals surface area (Å²) in [5.74, 6) is 0.424. The van der Waals surface area contributed by atoms with Gasteiger partial charge in [0.2, 0.25) is 0 Å². The second-order valence-corrected chi connectivity index (χ2v) is 4.59. The molecule has 2 unspecified atom stereocenters. The Morgan fingerprint density at radius 2 is 2.13 bits per heavy atom. The van der Waals surface area contributed by atoms with Gasteiger partial charge in [0.15, 0.2) is 0 Å². The third kappa shape index (κ3) is 2.78. The molecular formula is C13H19NO. The molecule has 1 aromatic heterocycles. The Labute approximate surface area is 91.4 Å². The summed E-state index contributed by atoms with van der Waals surface area (Å²) in [7, 11) is 0. The maximum Gasteiger partial charge on any atom is 0.0572 e. The predicted molar refractivity (Wildman–Crippen MR) is 60.6 cm³/mol. The van der Waals surface area contributed by atoms with Gasteiger partial charge in [-0.25, -0.2) is 0 Å². The third-order valence-electron chi connectivity index (χ3n) is 3.29. The van der Waals surface area contributed by atoms with E-state index in [1.54, 1.807) is 0 Å². The van der Waals surface area contributed by atoms with Crippen LogP contribution in [0.25, 0.3) is 0 Å². The van der Waals surface area contributed by atoms with Gasteiger partial charge < -0.3 is 5.11 Å². The largest absolute Gasteiger partial charge is 0.393 e. The predicted octanol–water partition coefficient (Wildman–Crippen LogP) is 2.48. The van der Waals surface area contributed by atoms with E-state index >= 15 is 0 Å². The maximum atomic E-state index is 9.87. The zero-order chi connectivity index (χ0) is 10.7. The van der Waals surface area contributed by atoms with Crippen molar-refractivity contribution in [2.75, 3.05) is 0 Å². The van der Waals surface area contributed by atoms with Crippen molar-refractivity contribution in [3.05, 3.63) is 29.6 Å². The Kier molecular flexibility index (Phi) is 3.37. The van der Waals surface area contributed by atoms with Crippen molar-refractivity contribution in [1.29, 1.82) is 0 Å². The first-order valence-corrected chi connectivity index (χ1v) is 5.86. The van der Waals surface area contributed by atoms with Crippen molar-refractivity contribution in [1.82, 2.24) is 4.98 Å². The van der Waals surface area contributed by atoms with Crippen molar-refractivity contribution < 1.29 is 5.11 Å². The van der Waals surface area contributed by atoms with Gasteiger partial charge in [0.1, 0.15) is 0 Å². The van der Waals surface area contributed by atoms with Gasteiger partial charge in [0.25, 0.3) is 0 Å². The molecule has 0 spiro atoms. The summed E-state index contributed by atoms with van der Waals surface area (Å²) in [6.07, 6.45) is 5.38. The molecule has 0 radical (unpaired) electrons. The second kappa shape index (κ2) is 4.75. The summed E-state index contributed by atoms with van der Waals surface area (Å²) in [5.41, 5.74) is 2.19. The number of pyridine rings is 1. The molecule has 2 atom stereocenters. The van der Waals surface area contributed by atoms with Crippen LogP contribution < -0.4 is 0 Å². The summed E-state index contributed by atoms with van der Waals surface area (Å²) in [5, 5.41) is 9.87. The van der Waals surface area contributed by atoms with E-state index in [-0.39, 0.29) is 6.10 Å². The van der Waals surface area contributed by atoms with Gasteiger partial charge in [-0.15, -0.1) is 0 Å². The fourth-order valence-corrected chi connectivity index (χ4v) is 2.41. The number of aryl methyl sites for hydroxylation is 1. The summed E-state index contributed by atoms with van der Waals surface area (Å²) in [4.78, 5) is 4.49. The first-order chi connectivity index (χ1) is 7.25. The first-order valence-electron chi connectivity index (χ1n) is 5.86. The highest BCUT2D eigenvalue weighted by Gasteiger charge is 2.23. The summed E-state index contributed by atoms with van der Waals surface area (Å²) >= 11 is 0. The van der Waals surface area contributed by atoms with Crippen LogP contribution in [-0.2, 0) is 6.42 Å². The van der Waals surface area contributed by atoms with Crippen molar-refractivity contribution in [3.8, 4) is 0 Å². The van der Waals surface area contributed by atoms with Crippen LogP contribution >= 0.6 is 0 Å². The molecule has 1 aliphatic carbocycles. The van der Waals surface area contributed by atoms with Gasteiger partial charge in [-0.3, -0.25) is 4.98 Å². The highest BCUT2D eigenvalue weighted by Crippen LogP contribution is 2.26. The average molecular weight is 205 g/mol. The van der Waals surface area contributed by atoms with Crippen LogP contribution in [0, 0.1) is 12.8 Å². The number of hydrogen-bond donors (Lipinski definition) is 1. The molecule has 1 saturated carbocycles. The highest BCUT2D eigenvalue weighted by atomic mass is 16.3. The molecule has 2 heteroatoms. The number of hydrogen-bond acceptors (Lipinski definition) is 2. The molecule has 0 amide bonds. The topological polar surface area (TPSA) is 33.1 Å². The van der Waals surface area contributed by atoms with Gasteiger partial charge >= 0.3 is 0 Å². The molecule has 2 nitrogen and oxygen atoms in total. The van der Waals surface area contributed by atoms with Crippen molar-refractivity contribution in [2.24, 2.45) is 5.92 Å². The molecular weight excluding hydrogens is 186 g/mol. The monoisotopic (exact) mass is 205 g/mol. The van der Waals surface area contributed by atoms with Crippen LogP contribution in [0.4, 0.5) is 0 Å². The lowest BCUT2D eigenvalue weighted by Crippen LogP contribution is -2.26. The van der Waals surface area contributed by atoms with Crippen LogP contribution in [0.3, 0.4) is 0 Å². The molecule has 2 rings (SSSR count). The minimum Gasteiger partial charge on any atom is -0.393 e. The standard InChI is InChI=1S/C13H19NO/c1-10-5-4-7-12(14-10)9-11-6-2-3-8-13(11)15/h4-5,7,11,13,15H,2-3,6,8-9H2,1H3. The number of nitrogens with zero attached hydrogens (tertiary/aromatic N) is 1. The third-order valence-corrected chi connectivity index (χ3v) is 3.29. The fraction of sp³-hybridized carbons (Fsp3) is 0.615. The summed E-state index contributed by atoms with van der Waals surface area (Å²) in [6.45, 7) is 2.01. The molecule has 1 aliphatic rings. The number of aromatic nitrogens is 1. The van der Waals surface area contributed by atoms with Gasteiger partial charge in [0, 0.05) is 11.4 Å². The zero-order valence-electron chi connectivity index (χ0n) is 9.32. The molecule has 1 fully saturated rings. The summed E-state index contributed by atoms with van der Waals surface area (Å²) < 4.78 is 0. The molecule has 0 aromatic carbocycles. The van der Waals surface area contributed by atoms with Crippen molar-refractivity contribution in [3.63, 3.8) is 0 Å². The van der Waals surface area contributed by atoms with Crippen LogP contribution in [-0.4, -0.2) is 16.2 Å². The van der Waals surface area contributed by atoms with E-state index < -0.39 is 0 Å². The Morgan fingerprint density at radius 1 is 1.33 bits per heavy atom. The quantitative estimate of drug-likeness (QED) is 0.804. The van der Waals surface area contributed by atoms with Crippen LogP contribution in [0.5, 0.6) is 0 Å². The van der Waals surface area contributed by atoms with Crippen LogP contribution in [0.15, 0.2) is 18.2 Å². The van der Waals surface area contributed by atoms with Gasteiger partial charge in [-0.2, -0.15) is 0 Å². The van der Waals surface area contributed by atoms with E-state index in [1.165, 1.54) is 12.8 Å². The Bertz CT molecular complexity index is 324. The van der Waals surface area contributed by atoms with Gasteiger partial charge in [0.05, 0.1) is 6.10 Å². The normalized spacial score (nSPS) is 26.5. The van der Waals surface area contributed by atoms with Gasteiger partial charge in [-0.05, 0) is 44.2 Å². The summed E-state index contributed by atoms with van der Waals surface area (Å²) in [6, 6.07) is 6.13. The molecule has 0 bridgehead atoms. The maximum absolute atomic E-state index is 9.87. The lowest BCUT2D eigenvalue weighted by atomic mass is 9.83. The van der Waals surface area contributed by atoms with E-state index in [9.17, 15) is 5.11 Å². The second-order valence-electron chi connectivity index (χ2n) is 4.59. The van der Waals surface area contributed by atoms with E-state index in [2.05, 4.69) is 11.1 Å². The van der Waals surface area contributed by atoms with Crippen molar-refractivity contribution >= 4 is 0 Å². The zero-order valence-corrected chi connectivity index (χ0v) is 9.32. The smallest absolute Gasteiger partial charge is 0.0572 e. The van der Waals surface area contributed by atoms with Crippen molar-refractivity contribution in [2.45, 2.75) is 45.1 Å². The number of aliphatic hydroxyl groups excluding tert-OH is 1. The average Bonchev–Trinajstić information content (AvgIpc) is 2.22. The van der Waals surface area contributed by atoms with E-state index in [0.29, 0.717) is 5.92 Å². The first kappa shape index (κ1) is 10.6.